The zero-order valence-electron chi connectivity index (χ0n) is 11.5. The molecule has 5 heteroatoms. The van der Waals surface area contributed by atoms with Crippen LogP contribution in [0.4, 0.5) is 5.82 Å². The minimum atomic E-state index is 0.199. The van der Waals surface area contributed by atoms with E-state index in [1.165, 1.54) is 0 Å². The minimum Gasteiger partial charge on any atom is -0.490 e. The summed E-state index contributed by atoms with van der Waals surface area (Å²) in [6.45, 7) is 6.61. The van der Waals surface area contributed by atoms with E-state index < -0.39 is 0 Å². The maximum atomic E-state index is 5.85. The van der Waals surface area contributed by atoms with Crippen LogP contribution in [0.3, 0.4) is 0 Å². The Morgan fingerprint density at radius 3 is 3.11 bits per heavy atom. The summed E-state index contributed by atoms with van der Waals surface area (Å²) in [6.07, 6.45) is 3.22. The Labute approximate surface area is 123 Å². The van der Waals surface area contributed by atoms with Gasteiger partial charge in [0.25, 0.3) is 0 Å². The zero-order valence-corrected chi connectivity index (χ0v) is 13.1. The van der Waals surface area contributed by atoms with Gasteiger partial charge in [0.15, 0.2) is 11.6 Å². The number of halogens is 1. The lowest BCUT2D eigenvalue weighted by Gasteiger charge is -2.37. The summed E-state index contributed by atoms with van der Waals surface area (Å²) >= 11 is 3.50. The second-order valence-electron chi connectivity index (χ2n) is 4.80. The number of nitrogens with zero attached hydrogens (tertiary/aromatic N) is 2. The highest BCUT2D eigenvalue weighted by molar-refractivity contribution is 9.09. The Morgan fingerprint density at radius 1 is 1.53 bits per heavy atom. The van der Waals surface area contributed by atoms with Gasteiger partial charge in [0.05, 0.1) is 18.8 Å². The van der Waals surface area contributed by atoms with Gasteiger partial charge in [-0.15, -0.1) is 0 Å². The first-order valence-electron chi connectivity index (χ1n) is 6.78. The SMILES string of the molecule is CCCOc1cccnc1N1CC(C)OC(CBr)C1. The van der Waals surface area contributed by atoms with Crippen molar-refractivity contribution in [1.29, 1.82) is 0 Å². The molecular weight excluding hydrogens is 308 g/mol. The molecule has 0 radical (unpaired) electrons. The molecule has 2 heterocycles. The van der Waals surface area contributed by atoms with Gasteiger partial charge in [-0.2, -0.15) is 0 Å². The Kier molecular flexibility index (Phi) is 5.45. The molecule has 0 spiro atoms. The monoisotopic (exact) mass is 328 g/mol. The average molecular weight is 329 g/mol. The molecular formula is C14H21BrN2O2. The van der Waals surface area contributed by atoms with Gasteiger partial charge >= 0.3 is 0 Å². The topological polar surface area (TPSA) is 34.6 Å². The van der Waals surface area contributed by atoms with Crippen LogP contribution < -0.4 is 9.64 Å². The Morgan fingerprint density at radius 2 is 2.37 bits per heavy atom. The van der Waals surface area contributed by atoms with Crippen LogP contribution >= 0.6 is 15.9 Å². The molecule has 2 rings (SSSR count). The molecule has 1 fully saturated rings. The minimum absolute atomic E-state index is 0.199. The molecule has 0 saturated carbocycles. The van der Waals surface area contributed by atoms with Crippen LogP contribution in [0.5, 0.6) is 5.75 Å². The van der Waals surface area contributed by atoms with Crippen molar-refractivity contribution < 1.29 is 9.47 Å². The van der Waals surface area contributed by atoms with Gasteiger partial charge in [-0.1, -0.05) is 22.9 Å². The number of alkyl halides is 1. The summed E-state index contributed by atoms with van der Waals surface area (Å²) in [5.74, 6) is 1.80. The number of rotatable bonds is 5. The molecule has 0 amide bonds. The lowest BCUT2D eigenvalue weighted by Crippen LogP contribution is -2.47. The predicted octanol–water partition coefficient (Wildman–Crippen LogP) is 2.86. The van der Waals surface area contributed by atoms with Crippen LogP contribution in [0.2, 0.25) is 0 Å². The Bertz CT molecular complexity index is 403. The highest BCUT2D eigenvalue weighted by Crippen LogP contribution is 2.28. The number of aromatic nitrogens is 1. The normalized spacial score (nSPS) is 23.4. The van der Waals surface area contributed by atoms with E-state index in [0.29, 0.717) is 0 Å². The molecule has 2 unspecified atom stereocenters. The zero-order chi connectivity index (χ0) is 13.7. The quantitative estimate of drug-likeness (QED) is 0.778. The van der Waals surface area contributed by atoms with Crippen molar-refractivity contribution in [3.8, 4) is 5.75 Å². The lowest BCUT2D eigenvalue weighted by molar-refractivity contribution is -0.00237. The third kappa shape index (κ3) is 3.83. The third-order valence-corrected chi connectivity index (χ3v) is 3.73. The number of hydrogen-bond acceptors (Lipinski definition) is 4. The number of hydrogen-bond donors (Lipinski definition) is 0. The Hall–Kier alpha value is -0.810. The second-order valence-corrected chi connectivity index (χ2v) is 5.45. The number of anilines is 1. The van der Waals surface area contributed by atoms with Crippen LogP contribution in [0, 0.1) is 0 Å². The van der Waals surface area contributed by atoms with E-state index in [-0.39, 0.29) is 12.2 Å². The molecule has 2 atom stereocenters. The van der Waals surface area contributed by atoms with Crippen LogP contribution in [-0.2, 0) is 4.74 Å². The van der Waals surface area contributed by atoms with E-state index >= 15 is 0 Å². The van der Waals surface area contributed by atoms with Crippen LogP contribution in [-0.4, -0.2) is 42.2 Å². The first-order chi connectivity index (χ1) is 9.24. The molecule has 4 nitrogen and oxygen atoms in total. The van der Waals surface area contributed by atoms with Crippen molar-refractivity contribution in [2.75, 3.05) is 29.9 Å². The summed E-state index contributed by atoms with van der Waals surface area (Å²) in [4.78, 5) is 6.74. The largest absolute Gasteiger partial charge is 0.490 e. The van der Waals surface area contributed by atoms with Crippen LogP contribution in [0.25, 0.3) is 0 Å². The predicted molar refractivity (Wildman–Crippen MR) is 80.4 cm³/mol. The molecule has 106 valence electrons. The molecule has 0 N–H and O–H groups in total. The summed E-state index contributed by atoms with van der Waals surface area (Å²) < 4.78 is 11.6. The smallest absolute Gasteiger partial charge is 0.171 e. The van der Waals surface area contributed by atoms with Gasteiger partial charge in [0.1, 0.15) is 0 Å². The fourth-order valence-corrected chi connectivity index (χ4v) is 2.61. The molecule has 1 saturated heterocycles. The fourth-order valence-electron chi connectivity index (χ4n) is 2.25. The van der Waals surface area contributed by atoms with Gasteiger partial charge < -0.3 is 14.4 Å². The molecule has 1 aromatic heterocycles. The number of pyridine rings is 1. The molecule has 1 aromatic rings. The van der Waals surface area contributed by atoms with Crippen molar-refractivity contribution in [2.45, 2.75) is 32.5 Å². The molecule has 1 aliphatic heterocycles. The molecule has 0 aromatic carbocycles. The van der Waals surface area contributed by atoms with E-state index in [2.05, 4.69) is 39.7 Å². The van der Waals surface area contributed by atoms with Gasteiger partial charge in [0.2, 0.25) is 0 Å². The number of ether oxygens (including phenoxy) is 2. The molecule has 0 aliphatic carbocycles. The van der Waals surface area contributed by atoms with Gasteiger partial charge in [-0.25, -0.2) is 4.98 Å². The fraction of sp³-hybridized carbons (Fsp3) is 0.643. The van der Waals surface area contributed by atoms with Gasteiger partial charge in [0, 0.05) is 24.6 Å². The van der Waals surface area contributed by atoms with E-state index in [9.17, 15) is 0 Å². The van der Waals surface area contributed by atoms with Crippen molar-refractivity contribution in [1.82, 2.24) is 4.98 Å². The van der Waals surface area contributed by atoms with Gasteiger partial charge in [-0.05, 0) is 25.5 Å². The number of morpholine rings is 1. The van der Waals surface area contributed by atoms with Crippen molar-refractivity contribution in [3.05, 3.63) is 18.3 Å². The van der Waals surface area contributed by atoms with Crippen molar-refractivity contribution >= 4 is 21.7 Å². The molecule has 19 heavy (non-hydrogen) atoms. The van der Waals surface area contributed by atoms with E-state index in [1.807, 2.05) is 18.3 Å². The first-order valence-corrected chi connectivity index (χ1v) is 7.91. The van der Waals surface area contributed by atoms with Crippen LogP contribution in [0.15, 0.2) is 18.3 Å². The molecule has 0 bridgehead atoms. The van der Waals surface area contributed by atoms with Gasteiger partial charge in [-0.3, -0.25) is 0 Å². The lowest BCUT2D eigenvalue weighted by atomic mass is 10.2. The van der Waals surface area contributed by atoms with E-state index in [0.717, 1.165) is 43.0 Å². The van der Waals surface area contributed by atoms with Crippen molar-refractivity contribution in [2.24, 2.45) is 0 Å². The summed E-state index contributed by atoms with van der Waals surface area (Å²) in [6, 6.07) is 3.90. The molecule has 1 aliphatic rings. The highest BCUT2D eigenvalue weighted by atomic mass is 79.9. The highest BCUT2D eigenvalue weighted by Gasteiger charge is 2.27. The maximum Gasteiger partial charge on any atom is 0.171 e. The van der Waals surface area contributed by atoms with E-state index in [4.69, 9.17) is 9.47 Å². The summed E-state index contributed by atoms with van der Waals surface area (Å²) in [5, 5.41) is 0.839. The van der Waals surface area contributed by atoms with E-state index in [1.54, 1.807) is 0 Å². The second kappa shape index (κ2) is 7.10. The summed E-state index contributed by atoms with van der Waals surface area (Å²) in [7, 11) is 0. The first kappa shape index (κ1) is 14.6. The average Bonchev–Trinajstić information content (AvgIpc) is 2.44. The van der Waals surface area contributed by atoms with Crippen LogP contribution in [0.1, 0.15) is 20.3 Å². The summed E-state index contributed by atoms with van der Waals surface area (Å²) in [5.41, 5.74) is 0. The maximum absolute atomic E-state index is 5.85. The standard InChI is InChI=1S/C14H21BrN2O2/c1-3-7-18-13-5-4-6-16-14(13)17-9-11(2)19-12(8-15)10-17/h4-6,11-12H,3,7-10H2,1-2H3. The van der Waals surface area contributed by atoms with Crippen molar-refractivity contribution in [3.63, 3.8) is 0 Å². The third-order valence-electron chi connectivity index (χ3n) is 3.01. The Balaban J connectivity index is 2.15.